The first-order valence-corrected chi connectivity index (χ1v) is 10.6. The van der Waals surface area contributed by atoms with Crippen LogP contribution in [-0.2, 0) is 6.54 Å². The summed E-state index contributed by atoms with van der Waals surface area (Å²) in [6.07, 6.45) is 1.89. The second kappa shape index (κ2) is 8.19. The number of hydrogen-bond acceptors (Lipinski definition) is 3. The SMILES string of the molecule is O=C(NC1CCN(Cc2ccc(Cl)cc2)CC1)c1sc2ccccc2c1Cl. The van der Waals surface area contributed by atoms with Gasteiger partial charge in [0.15, 0.2) is 0 Å². The number of hydrogen-bond donors (Lipinski definition) is 1. The van der Waals surface area contributed by atoms with E-state index in [1.54, 1.807) is 0 Å². The van der Waals surface area contributed by atoms with E-state index >= 15 is 0 Å². The number of nitrogens with one attached hydrogen (secondary N) is 1. The average molecular weight is 419 g/mol. The molecule has 2 heterocycles. The third kappa shape index (κ3) is 4.30. The molecule has 1 amide bonds. The zero-order valence-corrected chi connectivity index (χ0v) is 17.1. The molecular weight excluding hydrogens is 399 g/mol. The Labute approximate surface area is 172 Å². The summed E-state index contributed by atoms with van der Waals surface area (Å²) in [4.78, 5) is 15.7. The number of likely N-dealkylation sites (tertiary alicyclic amines) is 1. The zero-order valence-electron chi connectivity index (χ0n) is 14.8. The lowest BCUT2D eigenvalue weighted by Crippen LogP contribution is -2.44. The molecule has 4 rings (SSSR count). The number of benzene rings is 2. The molecule has 0 aliphatic carbocycles. The first-order valence-electron chi connectivity index (χ1n) is 9.05. The van der Waals surface area contributed by atoms with Crippen LogP contribution in [0.3, 0.4) is 0 Å². The van der Waals surface area contributed by atoms with Gasteiger partial charge in [0.05, 0.1) is 5.02 Å². The Morgan fingerprint density at radius 3 is 2.48 bits per heavy atom. The summed E-state index contributed by atoms with van der Waals surface area (Å²) in [5.74, 6) is -0.0580. The van der Waals surface area contributed by atoms with Crippen LogP contribution < -0.4 is 5.32 Å². The van der Waals surface area contributed by atoms with E-state index in [9.17, 15) is 4.79 Å². The Morgan fingerprint density at radius 1 is 1.07 bits per heavy atom. The highest BCUT2D eigenvalue weighted by atomic mass is 35.5. The van der Waals surface area contributed by atoms with Crippen LogP contribution >= 0.6 is 34.5 Å². The summed E-state index contributed by atoms with van der Waals surface area (Å²) < 4.78 is 1.05. The molecule has 1 aliphatic rings. The minimum Gasteiger partial charge on any atom is -0.348 e. The molecule has 0 saturated carbocycles. The molecule has 1 saturated heterocycles. The van der Waals surface area contributed by atoms with E-state index in [1.165, 1.54) is 16.9 Å². The maximum atomic E-state index is 12.7. The largest absolute Gasteiger partial charge is 0.348 e. The number of amides is 1. The normalized spacial score (nSPS) is 15.9. The van der Waals surface area contributed by atoms with E-state index in [2.05, 4.69) is 22.3 Å². The molecule has 1 aliphatic heterocycles. The van der Waals surface area contributed by atoms with Gasteiger partial charge < -0.3 is 5.32 Å². The molecule has 1 aromatic heterocycles. The van der Waals surface area contributed by atoms with E-state index in [-0.39, 0.29) is 11.9 Å². The van der Waals surface area contributed by atoms with Gasteiger partial charge in [0, 0.05) is 40.8 Å². The number of rotatable bonds is 4. The fraction of sp³-hybridized carbons (Fsp3) is 0.286. The standard InChI is InChI=1S/C21H20Cl2N2OS/c22-15-7-5-14(6-8-15)13-25-11-9-16(10-12-25)24-21(26)20-19(23)17-3-1-2-4-18(17)27-20/h1-8,16H,9-13H2,(H,24,26). The first-order chi connectivity index (χ1) is 13.1. The highest BCUT2D eigenvalue weighted by Gasteiger charge is 2.23. The molecule has 3 nitrogen and oxygen atoms in total. The molecule has 1 fully saturated rings. The van der Waals surface area contributed by atoms with Crippen LogP contribution in [-0.4, -0.2) is 29.9 Å². The minimum absolute atomic E-state index is 0.0580. The van der Waals surface area contributed by atoms with Gasteiger partial charge >= 0.3 is 0 Å². The van der Waals surface area contributed by atoms with Gasteiger partial charge in [-0.3, -0.25) is 9.69 Å². The number of fused-ring (bicyclic) bond motifs is 1. The van der Waals surface area contributed by atoms with Crippen molar-refractivity contribution in [2.45, 2.75) is 25.4 Å². The van der Waals surface area contributed by atoms with Crippen LogP contribution in [0.5, 0.6) is 0 Å². The number of nitrogens with zero attached hydrogens (tertiary/aromatic N) is 1. The van der Waals surface area contributed by atoms with Crippen molar-refractivity contribution in [3.63, 3.8) is 0 Å². The van der Waals surface area contributed by atoms with Gasteiger partial charge in [-0.25, -0.2) is 0 Å². The second-order valence-electron chi connectivity index (χ2n) is 6.89. The van der Waals surface area contributed by atoms with Gasteiger partial charge in [-0.15, -0.1) is 11.3 Å². The molecule has 0 radical (unpaired) electrons. The lowest BCUT2D eigenvalue weighted by molar-refractivity contribution is 0.0913. The van der Waals surface area contributed by atoms with Crippen LogP contribution in [0.15, 0.2) is 48.5 Å². The molecule has 140 valence electrons. The first kappa shape index (κ1) is 18.8. The van der Waals surface area contributed by atoms with E-state index in [4.69, 9.17) is 23.2 Å². The van der Waals surface area contributed by atoms with E-state index in [1.807, 2.05) is 36.4 Å². The number of piperidine rings is 1. The predicted molar refractivity (Wildman–Crippen MR) is 114 cm³/mol. The predicted octanol–water partition coefficient (Wildman–Crippen LogP) is 5.60. The summed E-state index contributed by atoms with van der Waals surface area (Å²) in [6, 6.07) is 16.1. The second-order valence-corrected chi connectivity index (χ2v) is 8.76. The zero-order chi connectivity index (χ0) is 18.8. The van der Waals surface area contributed by atoms with Crippen LogP contribution in [0.25, 0.3) is 10.1 Å². The molecule has 0 bridgehead atoms. The molecule has 6 heteroatoms. The third-order valence-electron chi connectivity index (χ3n) is 4.98. The Kier molecular flexibility index (Phi) is 5.69. The average Bonchev–Trinajstić information content (AvgIpc) is 3.02. The van der Waals surface area contributed by atoms with Crippen molar-refractivity contribution in [3.05, 3.63) is 69.0 Å². The van der Waals surface area contributed by atoms with Gasteiger partial charge in [0.2, 0.25) is 0 Å². The smallest absolute Gasteiger partial charge is 0.263 e. The van der Waals surface area contributed by atoms with E-state index in [0.29, 0.717) is 9.90 Å². The number of halogens is 2. The molecular formula is C21H20Cl2N2OS. The maximum Gasteiger partial charge on any atom is 0.263 e. The van der Waals surface area contributed by atoms with Crippen molar-refractivity contribution < 1.29 is 4.79 Å². The summed E-state index contributed by atoms with van der Waals surface area (Å²) in [7, 11) is 0. The van der Waals surface area contributed by atoms with Crippen molar-refractivity contribution in [1.29, 1.82) is 0 Å². The van der Waals surface area contributed by atoms with E-state index in [0.717, 1.165) is 47.6 Å². The quantitative estimate of drug-likeness (QED) is 0.597. The lowest BCUT2D eigenvalue weighted by Gasteiger charge is -2.32. The van der Waals surface area contributed by atoms with Gasteiger partial charge in [-0.2, -0.15) is 0 Å². The minimum atomic E-state index is -0.0580. The summed E-state index contributed by atoms with van der Waals surface area (Å²) >= 11 is 13.8. The van der Waals surface area contributed by atoms with Crippen LogP contribution in [0.1, 0.15) is 28.1 Å². The molecule has 27 heavy (non-hydrogen) atoms. The van der Waals surface area contributed by atoms with Crippen LogP contribution in [0.2, 0.25) is 10.0 Å². The van der Waals surface area contributed by atoms with Crippen molar-refractivity contribution in [2.24, 2.45) is 0 Å². The topological polar surface area (TPSA) is 32.3 Å². The third-order valence-corrected chi connectivity index (χ3v) is 6.91. The molecule has 0 unspecified atom stereocenters. The monoisotopic (exact) mass is 418 g/mol. The molecule has 0 spiro atoms. The highest BCUT2D eigenvalue weighted by Crippen LogP contribution is 2.35. The summed E-state index contributed by atoms with van der Waals surface area (Å²) in [6.45, 7) is 2.85. The number of carbonyl (C=O) groups is 1. The van der Waals surface area contributed by atoms with Crippen molar-refractivity contribution in [1.82, 2.24) is 10.2 Å². The van der Waals surface area contributed by atoms with Crippen LogP contribution in [0.4, 0.5) is 0 Å². The fourth-order valence-corrected chi connectivity index (χ4v) is 5.04. The van der Waals surface area contributed by atoms with Crippen LogP contribution in [0, 0.1) is 0 Å². The Bertz CT molecular complexity index is 946. The summed E-state index contributed by atoms with van der Waals surface area (Å²) in [5.41, 5.74) is 1.26. The summed E-state index contributed by atoms with van der Waals surface area (Å²) in [5, 5.41) is 5.45. The van der Waals surface area contributed by atoms with Gasteiger partial charge in [-0.05, 0) is 36.6 Å². The number of carbonyl (C=O) groups excluding carboxylic acids is 1. The van der Waals surface area contributed by atoms with Gasteiger partial charge in [-0.1, -0.05) is 53.5 Å². The van der Waals surface area contributed by atoms with Crippen molar-refractivity contribution >= 4 is 50.5 Å². The Balaban J connectivity index is 1.33. The Hall–Kier alpha value is -1.59. The highest BCUT2D eigenvalue weighted by molar-refractivity contribution is 7.21. The van der Waals surface area contributed by atoms with Crippen molar-refractivity contribution in [3.8, 4) is 0 Å². The number of thiophene rings is 1. The lowest BCUT2D eigenvalue weighted by atomic mass is 10.0. The van der Waals surface area contributed by atoms with E-state index < -0.39 is 0 Å². The van der Waals surface area contributed by atoms with Crippen molar-refractivity contribution in [2.75, 3.05) is 13.1 Å². The molecule has 3 aromatic rings. The maximum absolute atomic E-state index is 12.7. The molecule has 0 atom stereocenters. The van der Waals surface area contributed by atoms with Gasteiger partial charge in [0.1, 0.15) is 4.88 Å². The van der Waals surface area contributed by atoms with Gasteiger partial charge in [0.25, 0.3) is 5.91 Å². The molecule has 1 N–H and O–H groups in total. The fourth-order valence-electron chi connectivity index (χ4n) is 3.49. The Morgan fingerprint density at radius 2 is 1.78 bits per heavy atom. The molecule has 2 aromatic carbocycles.